The number of hydrogen-bond acceptors (Lipinski definition) is 7. The molecule has 3 aliphatic rings. The zero-order valence-corrected chi connectivity index (χ0v) is 21.0. The monoisotopic (exact) mass is 560 g/mol. The molecular weight excluding hydrogens is 540 g/mol. The molecule has 14 heteroatoms. The number of fused-ring (bicyclic) bond motifs is 1. The lowest BCUT2D eigenvalue weighted by atomic mass is 9.87. The number of alkyl halides is 3. The minimum absolute atomic E-state index is 0.0314. The van der Waals surface area contributed by atoms with Crippen LogP contribution in [-0.2, 0) is 9.84 Å². The van der Waals surface area contributed by atoms with Gasteiger partial charge >= 0.3 is 0 Å². The van der Waals surface area contributed by atoms with Gasteiger partial charge in [-0.3, -0.25) is 4.90 Å². The molecule has 0 amide bonds. The number of benzene rings is 1. The molecule has 0 bridgehead atoms. The molecule has 3 aromatic rings. The van der Waals surface area contributed by atoms with Crippen LogP contribution < -0.4 is 5.32 Å². The first-order valence-corrected chi connectivity index (χ1v) is 14.0. The Bertz CT molecular complexity index is 1460. The molecule has 3 fully saturated rings. The molecule has 0 spiro atoms. The van der Waals surface area contributed by atoms with E-state index in [0.717, 1.165) is 4.68 Å². The molecule has 3 atom stereocenters. The summed E-state index contributed by atoms with van der Waals surface area (Å²) in [5.41, 5.74) is 1.45. The molecule has 2 aromatic heterocycles. The average Bonchev–Trinajstić information content (AvgIpc) is 3.28. The van der Waals surface area contributed by atoms with Crippen LogP contribution in [0.4, 0.5) is 24.8 Å². The van der Waals surface area contributed by atoms with Gasteiger partial charge < -0.3 is 5.32 Å². The summed E-state index contributed by atoms with van der Waals surface area (Å²) in [5.74, 6) is -2.92. The Hall–Kier alpha value is -2.15. The van der Waals surface area contributed by atoms with Crippen molar-refractivity contribution in [2.75, 3.05) is 29.9 Å². The van der Waals surface area contributed by atoms with Gasteiger partial charge in [0.05, 0.1) is 28.9 Å². The normalized spacial score (nSPS) is 27.6. The van der Waals surface area contributed by atoms with Crippen molar-refractivity contribution in [1.82, 2.24) is 24.6 Å². The van der Waals surface area contributed by atoms with Crippen molar-refractivity contribution < 1.29 is 21.6 Å². The Morgan fingerprint density at radius 3 is 2.58 bits per heavy atom. The van der Waals surface area contributed by atoms with Gasteiger partial charge in [0, 0.05) is 41.5 Å². The largest absolute Gasteiger partial charge is 0.320 e. The number of rotatable bonds is 5. The summed E-state index contributed by atoms with van der Waals surface area (Å²) < 4.78 is 66.1. The van der Waals surface area contributed by atoms with E-state index in [9.17, 15) is 17.2 Å². The molecule has 2 saturated heterocycles. The average molecular weight is 561 g/mol. The standard InChI is InChI=1S/C22H21Cl2F3N6O2S/c23-15-3-11-6-28-21(31-18-7-29-33(20(18)24)19-5-22(19,26)27)30-17(11)4-14(15)13-1-2-32(8-16(13)25)12-9-36(34,35)10-12/h3-4,6-7,12-13,16,19H,1-2,5,8-10H2,(H,28,30,31)/t13-,16+,19?/m0/s1. The Balaban J connectivity index is 1.21. The van der Waals surface area contributed by atoms with E-state index in [-0.39, 0.29) is 41.6 Å². The van der Waals surface area contributed by atoms with Gasteiger partial charge in [0.15, 0.2) is 15.0 Å². The minimum atomic E-state index is -2.98. The van der Waals surface area contributed by atoms with Crippen LogP contribution >= 0.6 is 23.2 Å². The predicted molar refractivity (Wildman–Crippen MR) is 130 cm³/mol. The number of anilines is 2. The van der Waals surface area contributed by atoms with E-state index in [4.69, 9.17) is 23.2 Å². The third kappa shape index (κ3) is 4.31. The Kier molecular flexibility index (Phi) is 5.67. The maximum Gasteiger partial charge on any atom is 0.272 e. The zero-order valence-electron chi connectivity index (χ0n) is 18.7. The summed E-state index contributed by atoms with van der Waals surface area (Å²) in [7, 11) is -2.98. The lowest BCUT2D eigenvalue weighted by Gasteiger charge is -2.42. The van der Waals surface area contributed by atoms with E-state index in [1.165, 1.54) is 6.20 Å². The second kappa shape index (κ2) is 8.44. The highest BCUT2D eigenvalue weighted by atomic mass is 35.5. The first-order valence-electron chi connectivity index (χ1n) is 11.4. The van der Waals surface area contributed by atoms with E-state index < -0.39 is 33.9 Å². The van der Waals surface area contributed by atoms with Crippen molar-refractivity contribution in [1.29, 1.82) is 0 Å². The predicted octanol–water partition coefficient (Wildman–Crippen LogP) is 4.38. The van der Waals surface area contributed by atoms with Crippen LogP contribution in [0.25, 0.3) is 10.9 Å². The summed E-state index contributed by atoms with van der Waals surface area (Å²) >= 11 is 12.7. The highest BCUT2D eigenvalue weighted by Crippen LogP contribution is 2.53. The molecular formula is C22H21Cl2F3N6O2S. The van der Waals surface area contributed by atoms with Gasteiger partial charge in [-0.05, 0) is 30.7 Å². The number of nitrogens with zero attached hydrogens (tertiary/aromatic N) is 5. The molecule has 1 unspecified atom stereocenters. The summed E-state index contributed by atoms with van der Waals surface area (Å²) in [6.07, 6.45) is 1.88. The number of likely N-dealkylation sites (tertiary alicyclic amines) is 1. The molecule has 1 aliphatic carbocycles. The number of piperidine rings is 1. The van der Waals surface area contributed by atoms with Crippen LogP contribution in [0.1, 0.15) is 30.4 Å². The topological polar surface area (TPSA) is 93.0 Å². The van der Waals surface area contributed by atoms with Gasteiger partial charge in [0.2, 0.25) is 5.95 Å². The van der Waals surface area contributed by atoms with E-state index in [1.54, 1.807) is 18.3 Å². The van der Waals surface area contributed by atoms with Crippen LogP contribution in [0.2, 0.25) is 10.2 Å². The van der Waals surface area contributed by atoms with Gasteiger partial charge in [-0.2, -0.15) is 5.10 Å². The highest BCUT2D eigenvalue weighted by molar-refractivity contribution is 7.92. The van der Waals surface area contributed by atoms with Crippen molar-refractivity contribution in [3.63, 3.8) is 0 Å². The molecule has 2 aliphatic heterocycles. The molecule has 192 valence electrons. The summed E-state index contributed by atoms with van der Waals surface area (Å²) in [5, 5.41) is 7.96. The molecule has 1 aromatic carbocycles. The number of sulfone groups is 1. The van der Waals surface area contributed by atoms with Crippen LogP contribution in [0.3, 0.4) is 0 Å². The van der Waals surface area contributed by atoms with Gasteiger partial charge in [-0.15, -0.1) is 0 Å². The Labute approximate surface area is 214 Å². The van der Waals surface area contributed by atoms with Gasteiger partial charge in [-0.25, -0.2) is 36.2 Å². The van der Waals surface area contributed by atoms with E-state index in [0.29, 0.717) is 40.1 Å². The number of hydrogen-bond donors (Lipinski definition) is 1. The summed E-state index contributed by atoms with van der Waals surface area (Å²) in [4.78, 5) is 10.6. The summed E-state index contributed by atoms with van der Waals surface area (Å²) in [6, 6.07) is 2.25. The van der Waals surface area contributed by atoms with Crippen molar-refractivity contribution >= 4 is 55.6 Å². The van der Waals surface area contributed by atoms with Gasteiger partial charge in [-0.1, -0.05) is 23.2 Å². The van der Waals surface area contributed by atoms with Crippen molar-refractivity contribution in [3.8, 4) is 0 Å². The molecule has 36 heavy (non-hydrogen) atoms. The SMILES string of the molecule is O=S1(=O)CC(N2CC[C@@H](c3cc4nc(Nc5cnn(C6CC6(F)F)c5Cl)ncc4cc3Cl)[C@H](F)C2)C1. The lowest BCUT2D eigenvalue weighted by molar-refractivity contribution is 0.0912. The fourth-order valence-corrected chi connectivity index (χ4v) is 7.07. The maximum atomic E-state index is 15.2. The fraction of sp³-hybridized carbons (Fsp3) is 0.500. The quantitative estimate of drug-likeness (QED) is 0.495. The van der Waals surface area contributed by atoms with Crippen LogP contribution in [-0.4, -0.2) is 75.8 Å². The van der Waals surface area contributed by atoms with Crippen LogP contribution in [0.15, 0.2) is 24.5 Å². The Morgan fingerprint density at radius 1 is 1.17 bits per heavy atom. The summed E-state index contributed by atoms with van der Waals surface area (Å²) in [6.45, 7) is 0.733. The highest BCUT2D eigenvalue weighted by Gasteiger charge is 2.59. The van der Waals surface area contributed by atoms with Crippen molar-refractivity contribution in [2.45, 2.75) is 42.9 Å². The van der Waals surface area contributed by atoms with E-state index in [1.807, 2.05) is 4.90 Å². The fourth-order valence-electron chi connectivity index (χ4n) is 5.00. The second-order valence-corrected chi connectivity index (χ2v) is 12.6. The minimum Gasteiger partial charge on any atom is -0.320 e. The maximum absolute atomic E-state index is 15.2. The lowest BCUT2D eigenvalue weighted by Crippen LogP contribution is -2.57. The first-order chi connectivity index (χ1) is 17.0. The van der Waals surface area contributed by atoms with Crippen LogP contribution in [0, 0.1) is 0 Å². The van der Waals surface area contributed by atoms with Crippen LogP contribution in [0.5, 0.6) is 0 Å². The van der Waals surface area contributed by atoms with Crippen molar-refractivity contribution in [2.24, 2.45) is 0 Å². The number of nitrogens with one attached hydrogen (secondary N) is 1. The van der Waals surface area contributed by atoms with Gasteiger partial charge in [0.25, 0.3) is 5.92 Å². The molecule has 4 heterocycles. The van der Waals surface area contributed by atoms with E-state index in [2.05, 4.69) is 20.4 Å². The third-order valence-electron chi connectivity index (χ3n) is 7.15. The molecule has 0 radical (unpaired) electrons. The zero-order chi connectivity index (χ0) is 25.4. The molecule has 1 saturated carbocycles. The molecule has 8 nitrogen and oxygen atoms in total. The first kappa shape index (κ1) is 24.2. The van der Waals surface area contributed by atoms with Crippen molar-refractivity contribution in [3.05, 3.63) is 40.3 Å². The van der Waals surface area contributed by atoms with Gasteiger partial charge in [0.1, 0.15) is 12.2 Å². The second-order valence-electron chi connectivity index (χ2n) is 9.66. The Morgan fingerprint density at radius 2 is 1.92 bits per heavy atom. The molecule has 6 rings (SSSR count). The smallest absolute Gasteiger partial charge is 0.272 e. The molecule has 1 N–H and O–H groups in total. The number of halogens is 5. The third-order valence-corrected chi connectivity index (χ3v) is 9.64. The van der Waals surface area contributed by atoms with E-state index >= 15 is 4.39 Å². The number of aromatic nitrogens is 4.